The van der Waals surface area contributed by atoms with Gasteiger partial charge in [-0.1, -0.05) is 30.3 Å². The summed E-state index contributed by atoms with van der Waals surface area (Å²) in [6, 6.07) is 10.5. The molecule has 0 radical (unpaired) electrons. The van der Waals surface area contributed by atoms with Gasteiger partial charge in [0.2, 0.25) is 10.0 Å². The average molecular weight is 308 g/mol. The molecule has 3 rings (SSSR count). The molecule has 116 valence electrons. The second-order valence-corrected chi connectivity index (χ2v) is 8.40. The quantitative estimate of drug-likeness (QED) is 0.920. The smallest absolute Gasteiger partial charge is 0.218 e. The Balaban J connectivity index is 1.55. The first-order valence-corrected chi connectivity index (χ1v) is 9.40. The Hall–Kier alpha value is -0.910. The van der Waals surface area contributed by atoms with Crippen LogP contribution in [0.4, 0.5) is 0 Å². The van der Waals surface area contributed by atoms with Crippen molar-refractivity contribution in [3.63, 3.8) is 0 Å². The van der Waals surface area contributed by atoms with Gasteiger partial charge < -0.3 is 5.32 Å². The van der Waals surface area contributed by atoms with Crippen molar-refractivity contribution in [1.29, 1.82) is 0 Å². The molecule has 1 N–H and O–H groups in total. The Labute approximate surface area is 127 Å². The van der Waals surface area contributed by atoms with Crippen molar-refractivity contribution in [3.05, 3.63) is 35.9 Å². The van der Waals surface area contributed by atoms with Gasteiger partial charge in [0.15, 0.2) is 0 Å². The Morgan fingerprint density at radius 1 is 1.10 bits per heavy atom. The lowest BCUT2D eigenvalue weighted by atomic mass is 9.91. The fourth-order valence-corrected chi connectivity index (χ4v) is 5.29. The monoisotopic (exact) mass is 308 g/mol. The van der Waals surface area contributed by atoms with Gasteiger partial charge >= 0.3 is 0 Å². The highest BCUT2D eigenvalue weighted by atomic mass is 32.2. The molecule has 2 fully saturated rings. The van der Waals surface area contributed by atoms with Crippen LogP contribution in [-0.2, 0) is 16.4 Å². The standard InChI is InChI=1S/C16H24N2O2S/c19-21(20,16-6-9-17-13-16)18-10-7-15(8-11-18)12-14-4-2-1-3-5-14/h1-5,15-17H,6-13H2. The third kappa shape index (κ3) is 3.47. The first-order chi connectivity index (χ1) is 10.2. The number of nitrogens with zero attached hydrogens (tertiary/aromatic N) is 1. The molecule has 21 heavy (non-hydrogen) atoms. The van der Waals surface area contributed by atoms with Crippen molar-refractivity contribution in [3.8, 4) is 0 Å². The van der Waals surface area contributed by atoms with Gasteiger partial charge in [-0.2, -0.15) is 0 Å². The van der Waals surface area contributed by atoms with Gasteiger partial charge in [-0.3, -0.25) is 0 Å². The number of hydrogen-bond acceptors (Lipinski definition) is 3. The first-order valence-electron chi connectivity index (χ1n) is 7.90. The van der Waals surface area contributed by atoms with Crippen molar-refractivity contribution in [2.75, 3.05) is 26.2 Å². The Kier molecular flexibility index (Phi) is 4.62. The molecule has 0 saturated carbocycles. The fourth-order valence-electron chi connectivity index (χ4n) is 3.41. The predicted octanol–water partition coefficient (Wildman–Crippen LogP) is 1.63. The second kappa shape index (κ2) is 6.46. The maximum absolute atomic E-state index is 12.5. The molecule has 4 nitrogen and oxygen atoms in total. The van der Waals surface area contributed by atoms with E-state index in [-0.39, 0.29) is 5.25 Å². The molecule has 0 aromatic heterocycles. The molecule has 2 aliphatic rings. The van der Waals surface area contributed by atoms with Gasteiger partial charge in [-0.15, -0.1) is 0 Å². The minimum absolute atomic E-state index is 0.205. The molecular weight excluding hydrogens is 284 g/mol. The van der Waals surface area contributed by atoms with Crippen LogP contribution in [0.1, 0.15) is 24.8 Å². The minimum Gasteiger partial charge on any atom is -0.315 e. The van der Waals surface area contributed by atoms with Gasteiger partial charge in [-0.05, 0) is 43.7 Å². The molecule has 0 amide bonds. The summed E-state index contributed by atoms with van der Waals surface area (Å²) in [5.74, 6) is 0.612. The van der Waals surface area contributed by atoms with Crippen LogP contribution in [0.15, 0.2) is 30.3 Å². The van der Waals surface area contributed by atoms with Gasteiger partial charge in [0.25, 0.3) is 0 Å². The zero-order valence-corrected chi connectivity index (χ0v) is 13.2. The number of nitrogens with one attached hydrogen (secondary N) is 1. The SMILES string of the molecule is O=S(=O)(C1CCNC1)N1CCC(Cc2ccccc2)CC1. The van der Waals surface area contributed by atoms with Crippen molar-refractivity contribution >= 4 is 10.0 Å². The van der Waals surface area contributed by atoms with E-state index in [9.17, 15) is 8.42 Å². The lowest BCUT2D eigenvalue weighted by molar-refractivity contribution is 0.271. The Morgan fingerprint density at radius 2 is 1.81 bits per heavy atom. The fraction of sp³-hybridized carbons (Fsp3) is 0.625. The predicted molar refractivity (Wildman–Crippen MR) is 84.6 cm³/mol. The number of benzene rings is 1. The summed E-state index contributed by atoms with van der Waals surface area (Å²) in [5.41, 5.74) is 1.36. The Bertz CT molecular complexity index is 545. The molecule has 0 aliphatic carbocycles. The van der Waals surface area contributed by atoms with Gasteiger partial charge in [-0.25, -0.2) is 12.7 Å². The number of hydrogen-bond donors (Lipinski definition) is 1. The lowest BCUT2D eigenvalue weighted by Crippen LogP contribution is -2.44. The van der Waals surface area contributed by atoms with Crippen LogP contribution in [0, 0.1) is 5.92 Å². The molecule has 1 unspecified atom stereocenters. The molecule has 1 aromatic carbocycles. The van der Waals surface area contributed by atoms with Crippen LogP contribution >= 0.6 is 0 Å². The molecule has 0 bridgehead atoms. The normalized spacial score (nSPS) is 25.2. The van der Waals surface area contributed by atoms with E-state index in [1.807, 2.05) is 6.07 Å². The molecule has 1 aromatic rings. The summed E-state index contributed by atoms with van der Waals surface area (Å²) in [6.07, 6.45) is 3.79. The van der Waals surface area contributed by atoms with Crippen molar-refractivity contribution in [2.24, 2.45) is 5.92 Å². The van der Waals surface area contributed by atoms with Gasteiger partial charge in [0.1, 0.15) is 0 Å². The molecule has 2 aliphatic heterocycles. The van der Waals surface area contributed by atoms with Crippen LogP contribution in [0.2, 0.25) is 0 Å². The highest BCUT2D eigenvalue weighted by molar-refractivity contribution is 7.89. The third-order valence-electron chi connectivity index (χ3n) is 4.74. The van der Waals surface area contributed by atoms with E-state index in [1.54, 1.807) is 4.31 Å². The van der Waals surface area contributed by atoms with E-state index in [1.165, 1.54) is 5.56 Å². The maximum Gasteiger partial charge on any atom is 0.218 e. The van der Waals surface area contributed by atoms with Gasteiger partial charge in [0.05, 0.1) is 5.25 Å². The molecular formula is C16H24N2O2S. The zero-order valence-electron chi connectivity index (χ0n) is 12.4. The average Bonchev–Trinajstić information content (AvgIpc) is 3.04. The summed E-state index contributed by atoms with van der Waals surface area (Å²) in [6.45, 7) is 2.83. The van der Waals surface area contributed by atoms with Crippen molar-refractivity contribution in [1.82, 2.24) is 9.62 Å². The Morgan fingerprint density at radius 3 is 2.43 bits per heavy atom. The summed E-state index contributed by atoms with van der Waals surface area (Å²) >= 11 is 0. The minimum atomic E-state index is -3.09. The summed E-state index contributed by atoms with van der Waals surface area (Å²) in [5, 5.41) is 2.95. The highest BCUT2D eigenvalue weighted by Crippen LogP contribution is 2.25. The van der Waals surface area contributed by atoms with E-state index in [4.69, 9.17) is 0 Å². The number of rotatable bonds is 4. The van der Waals surface area contributed by atoms with Crippen LogP contribution in [0.5, 0.6) is 0 Å². The van der Waals surface area contributed by atoms with Crippen LogP contribution in [0.25, 0.3) is 0 Å². The van der Waals surface area contributed by atoms with E-state index in [2.05, 4.69) is 29.6 Å². The third-order valence-corrected chi connectivity index (χ3v) is 7.07. The largest absolute Gasteiger partial charge is 0.315 e. The van der Waals surface area contributed by atoms with Crippen molar-refractivity contribution in [2.45, 2.75) is 30.9 Å². The van der Waals surface area contributed by atoms with Gasteiger partial charge in [0, 0.05) is 19.6 Å². The van der Waals surface area contributed by atoms with E-state index in [0.717, 1.165) is 32.2 Å². The molecule has 2 saturated heterocycles. The van der Waals surface area contributed by atoms with Crippen LogP contribution in [0.3, 0.4) is 0 Å². The van der Waals surface area contributed by atoms with Crippen LogP contribution < -0.4 is 5.32 Å². The van der Waals surface area contributed by atoms with E-state index in [0.29, 0.717) is 25.6 Å². The molecule has 1 atom stereocenters. The molecule has 2 heterocycles. The zero-order chi connectivity index (χ0) is 14.7. The first kappa shape index (κ1) is 15.0. The summed E-state index contributed by atoms with van der Waals surface area (Å²) in [4.78, 5) is 0. The molecule has 5 heteroatoms. The number of sulfonamides is 1. The highest BCUT2D eigenvalue weighted by Gasteiger charge is 2.35. The second-order valence-electron chi connectivity index (χ2n) is 6.19. The van der Waals surface area contributed by atoms with Crippen molar-refractivity contribution < 1.29 is 8.42 Å². The maximum atomic E-state index is 12.5. The summed E-state index contributed by atoms with van der Waals surface area (Å²) < 4.78 is 26.8. The molecule has 0 spiro atoms. The lowest BCUT2D eigenvalue weighted by Gasteiger charge is -2.32. The number of piperidine rings is 1. The topological polar surface area (TPSA) is 49.4 Å². The summed E-state index contributed by atoms with van der Waals surface area (Å²) in [7, 11) is -3.09. The van der Waals surface area contributed by atoms with Crippen LogP contribution in [-0.4, -0.2) is 44.2 Å². The van der Waals surface area contributed by atoms with E-state index >= 15 is 0 Å². The van der Waals surface area contributed by atoms with E-state index < -0.39 is 10.0 Å².